The van der Waals surface area contributed by atoms with Gasteiger partial charge in [-0.2, -0.15) is 0 Å². The predicted molar refractivity (Wildman–Crippen MR) is 165 cm³/mol. The molecule has 233 valence electrons. The van der Waals surface area contributed by atoms with E-state index in [0.29, 0.717) is 34.3 Å². The maximum Gasteiger partial charge on any atom is 2.00 e. The van der Waals surface area contributed by atoms with Crippen LogP contribution in [0.1, 0.15) is 101 Å². The van der Waals surface area contributed by atoms with Gasteiger partial charge in [0, 0.05) is 35.5 Å². The fourth-order valence-corrected chi connectivity index (χ4v) is 3.85. The molecule has 3 aromatic rings. The average Bonchev–Trinajstić information content (AvgIpc) is 2.91. The number of phenolic OH excluding ortho intramolecular Hbond substituents is 2. The number of para-hydroxylation sites is 2. The number of benzene rings is 3. The molecule has 0 bridgehead atoms. The van der Waals surface area contributed by atoms with Crippen LogP contribution in [0.4, 0.5) is 11.4 Å². The Kier molecular flexibility index (Phi) is 17.5. The summed E-state index contributed by atoms with van der Waals surface area (Å²) in [5.74, 6) is -0.896. The fraction of sp³-hybridized carbons (Fsp3) is 0.353. The minimum absolute atomic E-state index is 0. The summed E-state index contributed by atoms with van der Waals surface area (Å²) in [5.41, 5.74) is 7.00. The Hall–Kier alpha value is -3.95. The van der Waals surface area contributed by atoms with Crippen LogP contribution in [0.15, 0.2) is 58.5 Å². The number of rotatable bonds is 8. The van der Waals surface area contributed by atoms with Crippen LogP contribution in [-0.4, -0.2) is 34.6 Å². The first-order valence-corrected chi connectivity index (χ1v) is 13.9. The summed E-state index contributed by atoms with van der Waals surface area (Å²) in [4.78, 5) is 27.1. The Labute approximate surface area is 265 Å². The second kappa shape index (κ2) is 19.3. The second-order valence-electron chi connectivity index (χ2n) is 10.2. The van der Waals surface area contributed by atoms with E-state index in [-0.39, 0.29) is 28.3 Å². The predicted octanol–water partition coefficient (Wildman–Crippen LogP) is 5.48. The van der Waals surface area contributed by atoms with Crippen molar-refractivity contribution in [2.24, 2.45) is 9.98 Å². The number of phenols is 2. The summed E-state index contributed by atoms with van der Waals surface area (Å²) in [6.07, 6.45) is 4.93. The van der Waals surface area contributed by atoms with Gasteiger partial charge in [-0.15, -0.1) is 0 Å². The minimum atomic E-state index is -1.08. The quantitative estimate of drug-likeness (QED) is 0.314. The summed E-state index contributed by atoms with van der Waals surface area (Å²) >= 11 is 0. The summed E-state index contributed by atoms with van der Waals surface area (Å²) in [7, 11) is 0. The second-order valence-corrected chi connectivity index (χ2v) is 10.2. The minimum Gasteiger partial charge on any atom is -0.550 e. The monoisotopic (exact) mass is 633 g/mol. The molecule has 3 aromatic carbocycles. The maximum atomic E-state index is 10.7. The molecule has 0 aliphatic heterocycles. The first kappa shape index (κ1) is 39.0. The van der Waals surface area contributed by atoms with Crippen molar-refractivity contribution < 1.29 is 46.8 Å². The standard InChI is InChI=1S/C30H36N2O2.2C2H4O2.Co/c1-7-21-13-23(19(3)4)15-25(29(21)33)17-31-27-11-9-10-12-28(27)32-18-26-16-24(20(5)6)14-22(8-2)30(26)34;2*1-2(3)4;/h9-20,33-34H,7-8H2,1-6H3;2*1H3,(H,3,4);/q;;;+2/p-2. The number of nitrogens with zero attached hydrogens (tertiary/aromatic N) is 2. The number of hydrogen-bond acceptors (Lipinski definition) is 8. The number of aliphatic carboxylic acids is 2. The molecule has 8 nitrogen and oxygen atoms in total. The zero-order chi connectivity index (χ0) is 32.0. The molecule has 0 aliphatic carbocycles. The molecule has 0 aliphatic rings. The van der Waals surface area contributed by atoms with Crippen LogP contribution in [-0.2, 0) is 39.2 Å². The zero-order valence-corrected chi connectivity index (χ0v) is 27.1. The van der Waals surface area contributed by atoms with Gasteiger partial charge in [0.25, 0.3) is 0 Å². The van der Waals surface area contributed by atoms with Crippen molar-refractivity contribution in [1.82, 2.24) is 0 Å². The number of aryl methyl sites for hydroxylation is 2. The number of carbonyl (C=O) groups is 2. The third-order valence-electron chi connectivity index (χ3n) is 6.14. The number of hydrogen-bond donors (Lipinski definition) is 2. The Morgan fingerprint density at radius 1 is 0.721 bits per heavy atom. The van der Waals surface area contributed by atoms with Crippen molar-refractivity contribution >= 4 is 35.7 Å². The molecule has 0 heterocycles. The first-order chi connectivity index (χ1) is 19.7. The van der Waals surface area contributed by atoms with Gasteiger partial charge in [-0.1, -0.05) is 65.8 Å². The van der Waals surface area contributed by atoms with E-state index in [2.05, 4.69) is 49.8 Å². The third kappa shape index (κ3) is 13.3. The molecule has 2 N–H and O–H groups in total. The first-order valence-electron chi connectivity index (χ1n) is 13.9. The van der Waals surface area contributed by atoms with Crippen LogP contribution in [0, 0.1) is 0 Å². The van der Waals surface area contributed by atoms with Gasteiger partial charge in [0.1, 0.15) is 11.5 Å². The molecule has 0 unspecified atom stereocenters. The van der Waals surface area contributed by atoms with Crippen molar-refractivity contribution in [2.75, 3.05) is 0 Å². The molecule has 9 heteroatoms. The smallest absolute Gasteiger partial charge is 0.550 e. The fourth-order valence-electron chi connectivity index (χ4n) is 3.85. The normalized spacial score (nSPS) is 10.7. The number of carbonyl (C=O) groups excluding carboxylic acids is 2. The molecule has 0 amide bonds. The van der Waals surface area contributed by atoms with E-state index in [1.54, 1.807) is 12.4 Å². The largest absolute Gasteiger partial charge is 2.00 e. The molecule has 1 radical (unpaired) electrons. The zero-order valence-electron chi connectivity index (χ0n) is 26.1. The molecule has 0 fully saturated rings. The molecule has 0 spiro atoms. The van der Waals surface area contributed by atoms with E-state index in [1.165, 1.54) is 11.1 Å². The maximum absolute atomic E-state index is 10.7. The number of aliphatic imine (C=N–C) groups is 2. The van der Waals surface area contributed by atoms with E-state index in [4.69, 9.17) is 19.8 Å². The Balaban J connectivity index is 0.00000174. The molecule has 3 rings (SSSR count). The Bertz CT molecular complexity index is 1300. The van der Waals surface area contributed by atoms with E-state index < -0.39 is 11.9 Å². The van der Waals surface area contributed by atoms with Crippen LogP contribution < -0.4 is 10.2 Å². The number of carboxylic acid groups (broad SMARTS) is 2. The van der Waals surface area contributed by atoms with Crippen molar-refractivity contribution in [3.8, 4) is 11.5 Å². The van der Waals surface area contributed by atoms with Crippen LogP contribution >= 0.6 is 0 Å². The number of carboxylic acids is 2. The van der Waals surface area contributed by atoms with Crippen LogP contribution in [0.3, 0.4) is 0 Å². The average molecular weight is 634 g/mol. The molecule has 0 saturated heterocycles. The summed E-state index contributed by atoms with van der Waals surface area (Å²) in [6, 6.07) is 15.8. The van der Waals surface area contributed by atoms with Crippen molar-refractivity contribution in [1.29, 1.82) is 0 Å². The molecule has 0 atom stereocenters. The SMILES string of the molecule is CC(=O)[O-].CC(=O)[O-].CCc1cc(C(C)C)cc(C=Nc2ccccc2N=Cc2cc(C(C)C)cc(CC)c2O)c1O.[Co+2]. The van der Waals surface area contributed by atoms with Gasteiger partial charge >= 0.3 is 16.8 Å². The van der Waals surface area contributed by atoms with E-state index in [0.717, 1.165) is 37.8 Å². The van der Waals surface area contributed by atoms with Gasteiger partial charge in [-0.05, 0) is 85.0 Å². The molecule has 43 heavy (non-hydrogen) atoms. The Morgan fingerprint density at radius 3 is 1.28 bits per heavy atom. The third-order valence-corrected chi connectivity index (χ3v) is 6.14. The molecular formula is C34H42CoN2O6. The van der Waals surface area contributed by atoms with Gasteiger partial charge < -0.3 is 30.0 Å². The van der Waals surface area contributed by atoms with Crippen molar-refractivity contribution in [2.45, 2.75) is 80.1 Å². The summed E-state index contributed by atoms with van der Waals surface area (Å²) in [6.45, 7) is 14.6. The molecule has 0 aromatic heterocycles. The van der Waals surface area contributed by atoms with Gasteiger partial charge in [0.15, 0.2) is 0 Å². The van der Waals surface area contributed by atoms with E-state index in [1.807, 2.05) is 50.2 Å². The Morgan fingerprint density at radius 2 is 1.02 bits per heavy atom. The number of aromatic hydroxyl groups is 2. The van der Waals surface area contributed by atoms with Gasteiger partial charge in [-0.3, -0.25) is 9.98 Å². The van der Waals surface area contributed by atoms with E-state index >= 15 is 0 Å². The van der Waals surface area contributed by atoms with Gasteiger partial charge in [0.05, 0.1) is 11.4 Å². The van der Waals surface area contributed by atoms with Crippen LogP contribution in [0.2, 0.25) is 0 Å². The molecular weight excluding hydrogens is 591 g/mol. The van der Waals surface area contributed by atoms with Crippen molar-refractivity contribution in [3.05, 3.63) is 81.9 Å². The van der Waals surface area contributed by atoms with Gasteiger partial charge in [-0.25, -0.2) is 0 Å². The van der Waals surface area contributed by atoms with Crippen LogP contribution in [0.5, 0.6) is 11.5 Å². The van der Waals surface area contributed by atoms with Crippen LogP contribution in [0.25, 0.3) is 0 Å². The van der Waals surface area contributed by atoms with Gasteiger partial charge in [0.2, 0.25) is 0 Å². The molecule has 0 saturated carbocycles. The van der Waals surface area contributed by atoms with E-state index in [9.17, 15) is 10.2 Å². The summed E-state index contributed by atoms with van der Waals surface area (Å²) < 4.78 is 0. The topological polar surface area (TPSA) is 145 Å². The van der Waals surface area contributed by atoms with Crippen molar-refractivity contribution in [3.63, 3.8) is 0 Å². The summed E-state index contributed by atoms with van der Waals surface area (Å²) in [5, 5.41) is 39.2.